The first kappa shape index (κ1) is 8.60. The van der Waals surface area contributed by atoms with Crippen molar-refractivity contribution in [2.75, 3.05) is 20.6 Å². The third-order valence-electron chi connectivity index (χ3n) is 2.00. The van der Waals surface area contributed by atoms with E-state index in [4.69, 9.17) is 0 Å². The highest BCUT2D eigenvalue weighted by atomic mass is 15.0. The van der Waals surface area contributed by atoms with Gasteiger partial charge < -0.3 is 10.2 Å². The second-order valence-electron chi connectivity index (χ2n) is 3.66. The van der Waals surface area contributed by atoms with E-state index in [9.17, 15) is 0 Å². The summed E-state index contributed by atoms with van der Waals surface area (Å²) in [6.45, 7) is 3.46. The van der Waals surface area contributed by atoms with Gasteiger partial charge in [0.2, 0.25) is 0 Å². The van der Waals surface area contributed by atoms with E-state index in [1.54, 1.807) is 0 Å². The molecule has 0 aromatic heterocycles. The van der Waals surface area contributed by atoms with Crippen molar-refractivity contribution in [1.82, 2.24) is 10.2 Å². The Morgan fingerprint density at radius 3 is 2.64 bits per heavy atom. The maximum atomic E-state index is 3.45. The largest absolute Gasteiger partial charge is 0.384 e. The molecule has 64 valence electrons. The summed E-state index contributed by atoms with van der Waals surface area (Å²) in [5.74, 6) is 0.840. The standard InChI is InChI=1S/C9H18N2/c1-8-6-9(10-7-8)4-5-11(2)3/h4-5,8-10H,6-7H2,1-3H3. The molecule has 0 bridgehead atoms. The van der Waals surface area contributed by atoms with Crippen LogP contribution in [0.15, 0.2) is 12.3 Å². The lowest BCUT2D eigenvalue weighted by atomic mass is 10.1. The van der Waals surface area contributed by atoms with Crippen LogP contribution in [0.5, 0.6) is 0 Å². The van der Waals surface area contributed by atoms with Gasteiger partial charge in [0.15, 0.2) is 0 Å². The van der Waals surface area contributed by atoms with Crippen molar-refractivity contribution in [3.8, 4) is 0 Å². The van der Waals surface area contributed by atoms with Crippen LogP contribution >= 0.6 is 0 Å². The molecule has 2 unspecified atom stereocenters. The zero-order chi connectivity index (χ0) is 8.27. The predicted molar refractivity (Wildman–Crippen MR) is 48.4 cm³/mol. The van der Waals surface area contributed by atoms with Crippen LogP contribution in [0.2, 0.25) is 0 Å². The molecule has 0 saturated carbocycles. The molecule has 11 heavy (non-hydrogen) atoms. The Bertz CT molecular complexity index is 140. The molecule has 1 N–H and O–H groups in total. The topological polar surface area (TPSA) is 15.3 Å². The molecule has 1 heterocycles. The van der Waals surface area contributed by atoms with Crippen LogP contribution in [0.3, 0.4) is 0 Å². The van der Waals surface area contributed by atoms with Gasteiger partial charge in [-0.05, 0) is 25.1 Å². The van der Waals surface area contributed by atoms with E-state index in [2.05, 4.69) is 43.5 Å². The minimum atomic E-state index is 0.604. The average molecular weight is 154 g/mol. The lowest BCUT2D eigenvalue weighted by molar-refractivity contribution is 0.553. The fourth-order valence-corrected chi connectivity index (χ4v) is 1.38. The SMILES string of the molecule is CC1CNC(C=CN(C)C)C1. The summed E-state index contributed by atoms with van der Waals surface area (Å²) in [6, 6.07) is 0.604. The van der Waals surface area contributed by atoms with E-state index in [1.807, 2.05) is 0 Å². The minimum absolute atomic E-state index is 0.604. The van der Waals surface area contributed by atoms with E-state index in [0.717, 1.165) is 5.92 Å². The third-order valence-corrected chi connectivity index (χ3v) is 2.00. The molecule has 2 heteroatoms. The summed E-state index contributed by atoms with van der Waals surface area (Å²) < 4.78 is 0. The maximum absolute atomic E-state index is 3.45. The molecule has 1 rings (SSSR count). The molecule has 1 saturated heterocycles. The molecule has 1 aliphatic heterocycles. The van der Waals surface area contributed by atoms with E-state index < -0.39 is 0 Å². The van der Waals surface area contributed by atoms with Gasteiger partial charge in [-0.2, -0.15) is 0 Å². The number of hydrogen-bond donors (Lipinski definition) is 1. The molecule has 0 aliphatic carbocycles. The summed E-state index contributed by atoms with van der Waals surface area (Å²) in [5, 5.41) is 3.45. The second-order valence-corrected chi connectivity index (χ2v) is 3.66. The smallest absolute Gasteiger partial charge is 0.0270 e. The van der Waals surface area contributed by atoms with Crippen molar-refractivity contribution in [3.63, 3.8) is 0 Å². The van der Waals surface area contributed by atoms with Crippen LogP contribution in [0.1, 0.15) is 13.3 Å². The lowest BCUT2D eigenvalue weighted by Gasteiger charge is -2.07. The van der Waals surface area contributed by atoms with Crippen LogP contribution < -0.4 is 5.32 Å². The first-order valence-electron chi connectivity index (χ1n) is 4.26. The van der Waals surface area contributed by atoms with E-state index >= 15 is 0 Å². The second kappa shape index (κ2) is 3.77. The first-order valence-corrected chi connectivity index (χ1v) is 4.26. The molecule has 1 fully saturated rings. The van der Waals surface area contributed by atoms with Gasteiger partial charge in [-0.3, -0.25) is 0 Å². The minimum Gasteiger partial charge on any atom is -0.384 e. The van der Waals surface area contributed by atoms with Crippen molar-refractivity contribution >= 4 is 0 Å². The van der Waals surface area contributed by atoms with Crippen molar-refractivity contribution in [2.24, 2.45) is 5.92 Å². The first-order chi connectivity index (χ1) is 5.18. The fraction of sp³-hybridized carbons (Fsp3) is 0.778. The summed E-state index contributed by atoms with van der Waals surface area (Å²) in [5.41, 5.74) is 0. The summed E-state index contributed by atoms with van der Waals surface area (Å²) in [4.78, 5) is 2.07. The zero-order valence-electron chi connectivity index (χ0n) is 7.67. The number of nitrogens with zero attached hydrogens (tertiary/aromatic N) is 1. The van der Waals surface area contributed by atoms with Gasteiger partial charge in [0.1, 0.15) is 0 Å². The van der Waals surface area contributed by atoms with E-state index in [1.165, 1.54) is 13.0 Å². The molecule has 0 aromatic carbocycles. The van der Waals surface area contributed by atoms with Gasteiger partial charge in [-0.15, -0.1) is 0 Å². The van der Waals surface area contributed by atoms with Crippen LogP contribution in [-0.4, -0.2) is 31.6 Å². The van der Waals surface area contributed by atoms with Gasteiger partial charge in [-0.1, -0.05) is 13.0 Å². The van der Waals surface area contributed by atoms with Gasteiger partial charge in [0, 0.05) is 20.1 Å². The van der Waals surface area contributed by atoms with Crippen LogP contribution in [-0.2, 0) is 0 Å². The van der Waals surface area contributed by atoms with Crippen molar-refractivity contribution in [3.05, 3.63) is 12.3 Å². The Kier molecular flexibility index (Phi) is 2.94. The molecule has 0 radical (unpaired) electrons. The van der Waals surface area contributed by atoms with Crippen LogP contribution in [0, 0.1) is 5.92 Å². The zero-order valence-corrected chi connectivity index (χ0v) is 7.67. The Hall–Kier alpha value is -0.500. The number of hydrogen-bond acceptors (Lipinski definition) is 2. The van der Waals surface area contributed by atoms with Gasteiger partial charge in [0.05, 0.1) is 0 Å². The van der Waals surface area contributed by atoms with Crippen molar-refractivity contribution in [2.45, 2.75) is 19.4 Å². The third kappa shape index (κ3) is 2.93. The van der Waals surface area contributed by atoms with Crippen LogP contribution in [0.25, 0.3) is 0 Å². The lowest BCUT2D eigenvalue weighted by Crippen LogP contribution is -2.19. The normalized spacial score (nSPS) is 31.5. The molecular formula is C9H18N2. The van der Waals surface area contributed by atoms with Gasteiger partial charge in [-0.25, -0.2) is 0 Å². The molecule has 0 amide bonds. The summed E-state index contributed by atoms with van der Waals surface area (Å²) in [6.07, 6.45) is 5.64. The highest BCUT2D eigenvalue weighted by Crippen LogP contribution is 2.13. The predicted octanol–water partition coefficient (Wildman–Crippen LogP) is 1.06. The number of nitrogens with one attached hydrogen (secondary N) is 1. The Labute approximate surface area is 69.3 Å². The molecular weight excluding hydrogens is 136 g/mol. The monoisotopic (exact) mass is 154 g/mol. The maximum Gasteiger partial charge on any atom is 0.0270 e. The van der Waals surface area contributed by atoms with Crippen molar-refractivity contribution < 1.29 is 0 Å². The number of rotatable bonds is 2. The Morgan fingerprint density at radius 2 is 2.18 bits per heavy atom. The van der Waals surface area contributed by atoms with Crippen molar-refractivity contribution in [1.29, 1.82) is 0 Å². The fourth-order valence-electron chi connectivity index (χ4n) is 1.38. The Balaban J connectivity index is 2.28. The van der Waals surface area contributed by atoms with Gasteiger partial charge >= 0.3 is 0 Å². The highest BCUT2D eigenvalue weighted by Gasteiger charge is 2.17. The quantitative estimate of drug-likeness (QED) is 0.640. The van der Waals surface area contributed by atoms with E-state index in [0.29, 0.717) is 6.04 Å². The van der Waals surface area contributed by atoms with Crippen LogP contribution in [0.4, 0.5) is 0 Å². The van der Waals surface area contributed by atoms with Gasteiger partial charge in [0.25, 0.3) is 0 Å². The Morgan fingerprint density at radius 1 is 1.45 bits per heavy atom. The average Bonchev–Trinajstić information content (AvgIpc) is 2.31. The molecule has 2 nitrogen and oxygen atoms in total. The van der Waals surface area contributed by atoms with E-state index in [-0.39, 0.29) is 0 Å². The molecule has 1 aliphatic rings. The molecule has 0 aromatic rings. The summed E-state index contributed by atoms with van der Waals surface area (Å²) >= 11 is 0. The summed E-state index contributed by atoms with van der Waals surface area (Å²) in [7, 11) is 4.10. The highest BCUT2D eigenvalue weighted by molar-refractivity contribution is 4.96. The molecule has 0 spiro atoms. The molecule has 2 atom stereocenters.